The van der Waals surface area contributed by atoms with E-state index in [2.05, 4.69) is 5.32 Å². The number of likely N-dealkylation sites (N-methyl/N-ethyl adjacent to an activating group) is 1. The van der Waals surface area contributed by atoms with Gasteiger partial charge in [0.05, 0.1) is 38.9 Å². The first-order valence-corrected chi connectivity index (χ1v) is 8.40. The molecule has 1 N–H and O–H groups in total. The van der Waals surface area contributed by atoms with Crippen LogP contribution in [0.15, 0.2) is 36.4 Å². The van der Waals surface area contributed by atoms with Crippen molar-refractivity contribution in [3.8, 4) is 17.2 Å². The van der Waals surface area contributed by atoms with E-state index < -0.39 is 4.92 Å². The van der Waals surface area contributed by atoms with Gasteiger partial charge in [-0.2, -0.15) is 0 Å². The van der Waals surface area contributed by atoms with Gasteiger partial charge in [0.2, 0.25) is 5.91 Å². The summed E-state index contributed by atoms with van der Waals surface area (Å²) >= 11 is 0. The average Bonchev–Trinajstić information content (AvgIpc) is 2.67. The SMILES string of the molecule is COc1ccc(NC(=O)CN(C)Cc2cccc(OC)c2OC)c([N+](=O)[O-])c1. The van der Waals surface area contributed by atoms with E-state index in [-0.39, 0.29) is 23.8 Å². The lowest BCUT2D eigenvalue weighted by molar-refractivity contribution is -0.384. The molecule has 0 fully saturated rings. The molecule has 9 nitrogen and oxygen atoms in total. The summed E-state index contributed by atoms with van der Waals surface area (Å²) in [5, 5.41) is 13.8. The van der Waals surface area contributed by atoms with Crippen LogP contribution in [0.5, 0.6) is 17.2 Å². The van der Waals surface area contributed by atoms with Crippen LogP contribution in [-0.4, -0.2) is 50.7 Å². The lowest BCUT2D eigenvalue weighted by Crippen LogP contribution is -2.30. The summed E-state index contributed by atoms with van der Waals surface area (Å²) in [5.41, 5.74) is 0.737. The maximum Gasteiger partial charge on any atom is 0.296 e. The zero-order valence-corrected chi connectivity index (χ0v) is 16.2. The minimum Gasteiger partial charge on any atom is -0.496 e. The number of nitrogens with one attached hydrogen (secondary N) is 1. The van der Waals surface area contributed by atoms with Crippen molar-refractivity contribution in [2.24, 2.45) is 0 Å². The van der Waals surface area contributed by atoms with Crippen LogP contribution in [0.1, 0.15) is 5.56 Å². The molecule has 0 aliphatic rings. The van der Waals surface area contributed by atoms with Gasteiger partial charge in [0.1, 0.15) is 11.4 Å². The van der Waals surface area contributed by atoms with Gasteiger partial charge >= 0.3 is 0 Å². The molecule has 0 atom stereocenters. The Morgan fingerprint density at radius 3 is 2.50 bits per heavy atom. The van der Waals surface area contributed by atoms with Crippen molar-refractivity contribution >= 4 is 17.3 Å². The highest BCUT2D eigenvalue weighted by molar-refractivity contribution is 5.94. The quantitative estimate of drug-likeness (QED) is 0.519. The number of nitrogens with zero attached hydrogens (tertiary/aromatic N) is 2. The number of nitro benzene ring substituents is 1. The van der Waals surface area contributed by atoms with Gasteiger partial charge in [-0.3, -0.25) is 19.8 Å². The van der Waals surface area contributed by atoms with Crippen LogP contribution in [0, 0.1) is 10.1 Å². The number of benzene rings is 2. The number of hydrogen-bond acceptors (Lipinski definition) is 7. The van der Waals surface area contributed by atoms with E-state index in [4.69, 9.17) is 14.2 Å². The molecular formula is C19H23N3O6. The zero-order chi connectivity index (χ0) is 20.7. The molecular weight excluding hydrogens is 366 g/mol. The monoisotopic (exact) mass is 389 g/mol. The molecule has 1 amide bonds. The number of rotatable bonds is 9. The Labute approximate surface area is 163 Å². The summed E-state index contributed by atoms with van der Waals surface area (Å²) in [6, 6.07) is 9.76. The van der Waals surface area contributed by atoms with Gasteiger partial charge in [-0.05, 0) is 25.2 Å². The van der Waals surface area contributed by atoms with Gasteiger partial charge in [-0.1, -0.05) is 12.1 Å². The second-order valence-corrected chi connectivity index (χ2v) is 6.01. The standard InChI is InChI=1S/C19H23N3O6/c1-21(11-13-6-5-7-17(27-3)19(13)28-4)12-18(23)20-15-9-8-14(26-2)10-16(15)22(24)25/h5-10H,11-12H2,1-4H3,(H,20,23). The van der Waals surface area contributed by atoms with Crippen molar-refractivity contribution in [1.29, 1.82) is 0 Å². The molecule has 2 aromatic carbocycles. The maximum atomic E-state index is 12.4. The third-order valence-corrected chi connectivity index (χ3v) is 4.01. The van der Waals surface area contributed by atoms with Gasteiger partial charge in [0.15, 0.2) is 11.5 Å². The summed E-state index contributed by atoms with van der Waals surface area (Å²) in [5.74, 6) is 1.17. The van der Waals surface area contributed by atoms with Crippen molar-refractivity contribution in [2.75, 3.05) is 40.2 Å². The van der Waals surface area contributed by atoms with E-state index in [1.54, 1.807) is 38.3 Å². The van der Waals surface area contributed by atoms with Crippen molar-refractivity contribution in [3.05, 3.63) is 52.1 Å². The summed E-state index contributed by atoms with van der Waals surface area (Å²) in [6.07, 6.45) is 0. The second kappa shape index (κ2) is 9.56. The van der Waals surface area contributed by atoms with Crippen LogP contribution >= 0.6 is 0 Å². The van der Waals surface area contributed by atoms with E-state index in [0.717, 1.165) is 5.56 Å². The molecule has 0 aliphatic heterocycles. The Balaban J connectivity index is 2.07. The topological polar surface area (TPSA) is 103 Å². The van der Waals surface area contributed by atoms with E-state index >= 15 is 0 Å². The predicted octanol–water partition coefficient (Wildman–Crippen LogP) is 2.69. The first-order chi connectivity index (χ1) is 13.4. The van der Waals surface area contributed by atoms with Gasteiger partial charge in [-0.15, -0.1) is 0 Å². The minimum atomic E-state index is -0.567. The Morgan fingerprint density at radius 2 is 1.89 bits per heavy atom. The largest absolute Gasteiger partial charge is 0.496 e. The van der Waals surface area contributed by atoms with Gasteiger partial charge in [0.25, 0.3) is 5.69 Å². The number of methoxy groups -OCH3 is 3. The highest BCUT2D eigenvalue weighted by Crippen LogP contribution is 2.31. The fraction of sp³-hybridized carbons (Fsp3) is 0.316. The second-order valence-electron chi connectivity index (χ2n) is 6.01. The number of carbonyl (C=O) groups is 1. The van der Waals surface area contributed by atoms with Crippen LogP contribution < -0.4 is 19.5 Å². The first kappa shape index (κ1) is 21.0. The first-order valence-electron chi connectivity index (χ1n) is 8.40. The molecule has 28 heavy (non-hydrogen) atoms. The smallest absolute Gasteiger partial charge is 0.296 e. The number of anilines is 1. The highest BCUT2D eigenvalue weighted by Gasteiger charge is 2.19. The molecule has 9 heteroatoms. The zero-order valence-electron chi connectivity index (χ0n) is 16.2. The summed E-state index contributed by atoms with van der Waals surface area (Å²) in [6.45, 7) is 0.460. The van der Waals surface area contributed by atoms with Crippen molar-refractivity contribution in [1.82, 2.24) is 4.90 Å². The van der Waals surface area contributed by atoms with Crippen molar-refractivity contribution in [2.45, 2.75) is 6.54 Å². The molecule has 0 radical (unpaired) electrons. The molecule has 0 aromatic heterocycles. The molecule has 2 aromatic rings. The Morgan fingerprint density at radius 1 is 1.14 bits per heavy atom. The molecule has 0 bridgehead atoms. The van der Waals surface area contributed by atoms with Crippen LogP contribution in [0.4, 0.5) is 11.4 Å². The molecule has 0 unspecified atom stereocenters. The maximum absolute atomic E-state index is 12.4. The highest BCUT2D eigenvalue weighted by atomic mass is 16.6. The Kier molecular flexibility index (Phi) is 7.16. The third-order valence-electron chi connectivity index (χ3n) is 4.01. The molecule has 0 heterocycles. The number of carbonyl (C=O) groups excluding carboxylic acids is 1. The van der Waals surface area contributed by atoms with Gasteiger partial charge in [0, 0.05) is 12.1 Å². The van der Waals surface area contributed by atoms with E-state index in [9.17, 15) is 14.9 Å². The fourth-order valence-corrected chi connectivity index (χ4v) is 2.75. The number of ether oxygens (including phenoxy) is 3. The van der Waals surface area contributed by atoms with Crippen LogP contribution in [-0.2, 0) is 11.3 Å². The third kappa shape index (κ3) is 5.10. The number of nitro groups is 1. The molecule has 0 spiro atoms. The summed E-state index contributed by atoms with van der Waals surface area (Å²) in [4.78, 5) is 24.8. The Hall–Kier alpha value is -3.33. The van der Waals surface area contributed by atoms with Crippen LogP contribution in [0.2, 0.25) is 0 Å². The van der Waals surface area contributed by atoms with Crippen molar-refractivity contribution in [3.63, 3.8) is 0 Å². The predicted molar refractivity (Wildman–Crippen MR) is 104 cm³/mol. The minimum absolute atomic E-state index is 0.0313. The number of amides is 1. The molecule has 0 saturated heterocycles. The van der Waals surface area contributed by atoms with Gasteiger partial charge in [-0.25, -0.2) is 0 Å². The van der Waals surface area contributed by atoms with Gasteiger partial charge < -0.3 is 19.5 Å². The molecule has 0 saturated carbocycles. The lowest BCUT2D eigenvalue weighted by atomic mass is 10.1. The molecule has 150 valence electrons. The summed E-state index contributed by atoms with van der Waals surface area (Å²) in [7, 11) is 6.29. The van der Waals surface area contributed by atoms with E-state index in [1.165, 1.54) is 19.2 Å². The molecule has 2 rings (SSSR count). The lowest BCUT2D eigenvalue weighted by Gasteiger charge is -2.19. The normalized spacial score (nSPS) is 10.5. The number of hydrogen-bond donors (Lipinski definition) is 1. The molecule has 0 aliphatic carbocycles. The fourth-order valence-electron chi connectivity index (χ4n) is 2.75. The van der Waals surface area contributed by atoms with Crippen molar-refractivity contribution < 1.29 is 23.9 Å². The van der Waals surface area contributed by atoms with Crippen LogP contribution in [0.3, 0.4) is 0 Å². The van der Waals surface area contributed by atoms with E-state index in [1.807, 2.05) is 12.1 Å². The van der Waals surface area contributed by atoms with Crippen LogP contribution in [0.25, 0.3) is 0 Å². The average molecular weight is 389 g/mol. The Bertz CT molecular complexity index is 856. The number of para-hydroxylation sites is 1. The summed E-state index contributed by atoms with van der Waals surface area (Å²) < 4.78 is 15.7. The van der Waals surface area contributed by atoms with E-state index in [0.29, 0.717) is 23.8 Å².